The third kappa shape index (κ3) is 2.66. The number of nitrogen functional groups attached to an aromatic ring is 1. The van der Waals surface area contributed by atoms with E-state index in [1.165, 1.54) is 0 Å². The number of aromatic nitrogens is 1. The maximum atomic E-state index is 8.83. The van der Waals surface area contributed by atoms with Gasteiger partial charge in [0.05, 0.1) is 20.9 Å². The van der Waals surface area contributed by atoms with Crippen molar-refractivity contribution in [1.82, 2.24) is 4.98 Å². The monoisotopic (exact) mass is 371 g/mol. The van der Waals surface area contributed by atoms with E-state index in [2.05, 4.69) is 4.98 Å². The van der Waals surface area contributed by atoms with Crippen LogP contribution in [0.25, 0.3) is 0 Å². The van der Waals surface area contributed by atoms with Gasteiger partial charge in [-0.1, -0.05) is 11.6 Å². The SMILES string of the molecule is N#Cc1cc(N)c(Oc2ncccc2Cl)c(I)c1. The van der Waals surface area contributed by atoms with E-state index in [1.54, 1.807) is 30.5 Å². The summed E-state index contributed by atoms with van der Waals surface area (Å²) in [6.45, 7) is 0. The summed E-state index contributed by atoms with van der Waals surface area (Å²) in [4.78, 5) is 4.02. The Kier molecular flexibility index (Phi) is 3.89. The van der Waals surface area contributed by atoms with Crippen LogP contribution in [0.15, 0.2) is 30.5 Å². The average molecular weight is 372 g/mol. The lowest BCUT2D eigenvalue weighted by molar-refractivity contribution is 0.462. The molecular weight excluding hydrogens is 365 g/mol. The first-order valence-electron chi connectivity index (χ1n) is 4.89. The van der Waals surface area contributed by atoms with Crippen LogP contribution in [0.4, 0.5) is 5.69 Å². The van der Waals surface area contributed by atoms with E-state index in [4.69, 9.17) is 27.3 Å². The van der Waals surface area contributed by atoms with Crippen LogP contribution in [0.5, 0.6) is 11.6 Å². The molecule has 0 fully saturated rings. The first kappa shape index (κ1) is 12.9. The first-order chi connectivity index (χ1) is 8.61. The molecule has 0 unspecified atom stereocenters. The Bertz CT molecular complexity index is 616. The van der Waals surface area contributed by atoms with Crippen molar-refractivity contribution in [2.75, 3.05) is 5.73 Å². The summed E-state index contributed by atoms with van der Waals surface area (Å²) in [6.07, 6.45) is 1.58. The number of hydrogen-bond donors (Lipinski definition) is 1. The highest BCUT2D eigenvalue weighted by molar-refractivity contribution is 14.1. The zero-order chi connectivity index (χ0) is 13.1. The molecule has 0 aliphatic carbocycles. The standard InChI is InChI=1S/C12H7ClIN3O/c13-8-2-1-3-17-12(8)18-11-9(14)4-7(6-15)5-10(11)16/h1-5H,16H2. The van der Waals surface area contributed by atoms with Crippen molar-refractivity contribution in [1.29, 1.82) is 5.26 Å². The van der Waals surface area contributed by atoms with Gasteiger partial charge in [0.25, 0.3) is 0 Å². The van der Waals surface area contributed by atoms with Crippen LogP contribution >= 0.6 is 34.2 Å². The summed E-state index contributed by atoms with van der Waals surface area (Å²) in [7, 11) is 0. The summed E-state index contributed by atoms with van der Waals surface area (Å²) < 4.78 is 6.31. The summed E-state index contributed by atoms with van der Waals surface area (Å²) in [6, 6.07) is 8.65. The molecule has 0 radical (unpaired) electrons. The Labute approximate surface area is 122 Å². The molecule has 1 heterocycles. The fourth-order valence-electron chi connectivity index (χ4n) is 1.33. The van der Waals surface area contributed by atoms with Crippen LogP contribution in [0.1, 0.15) is 5.56 Å². The summed E-state index contributed by atoms with van der Waals surface area (Å²) in [5, 5.41) is 9.23. The molecule has 0 saturated heterocycles. The maximum Gasteiger partial charge on any atom is 0.238 e. The van der Waals surface area contributed by atoms with E-state index in [0.29, 0.717) is 22.0 Å². The van der Waals surface area contributed by atoms with Gasteiger partial charge in [0.15, 0.2) is 5.75 Å². The molecule has 1 aromatic carbocycles. The van der Waals surface area contributed by atoms with E-state index in [0.717, 1.165) is 3.57 Å². The minimum absolute atomic E-state index is 0.286. The average Bonchev–Trinajstić information content (AvgIpc) is 2.35. The molecule has 0 bridgehead atoms. The summed E-state index contributed by atoms with van der Waals surface area (Å²) in [5.41, 5.74) is 6.70. The lowest BCUT2D eigenvalue weighted by Gasteiger charge is -2.10. The molecule has 4 nitrogen and oxygen atoms in total. The second-order valence-corrected chi connectivity index (χ2v) is 4.95. The van der Waals surface area contributed by atoms with Crippen molar-refractivity contribution in [2.24, 2.45) is 0 Å². The number of rotatable bonds is 2. The van der Waals surface area contributed by atoms with Crippen molar-refractivity contribution in [3.05, 3.63) is 44.6 Å². The van der Waals surface area contributed by atoms with Gasteiger partial charge in [-0.2, -0.15) is 5.26 Å². The van der Waals surface area contributed by atoms with Crippen LogP contribution in [0.2, 0.25) is 5.02 Å². The number of nitrogens with zero attached hydrogens (tertiary/aromatic N) is 2. The topological polar surface area (TPSA) is 71.9 Å². The number of pyridine rings is 1. The Hall–Kier alpha value is -1.52. The molecule has 1 aromatic heterocycles. The second kappa shape index (κ2) is 5.42. The quantitative estimate of drug-likeness (QED) is 0.647. The molecule has 0 aliphatic rings. The molecule has 0 aliphatic heterocycles. The van der Waals surface area contributed by atoms with E-state index in [9.17, 15) is 0 Å². The third-order valence-electron chi connectivity index (χ3n) is 2.12. The molecular formula is C12H7ClIN3O. The lowest BCUT2D eigenvalue weighted by Crippen LogP contribution is -1.97. The highest BCUT2D eigenvalue weighted by Crippen LogP contribution is 2.35. The van der Waals surface area contributed by atoms with Crippen molar-refractivity contribution in [3.8, 4) is 17.7 Å². The van der Waals surface area contributed by atoms with Gasteiger partial charge in [-0.25, -0.2) is 4.98 Å². The maximum absolute atomic E-state index is 8.83. The minimum atomic E-state index is 0.286. The number of nitriles is 1. The Balaban J connectivity index is 2.42. The molecule has 0 atom stereocenters. The number of benzene rings is 1. The molecule has 2 rings (SSSR count). The van der Waals surface area contributed by atoms with Crippen molar-refractivity contribution >= 4 is 39.9 Å². The van der Waals surface area contributed by atoms with Gasteiger partial charge in [-0.3, -0.25) is 0 Å². The fraction of sp³-hybridized carbons (Fsp3) is 0. The Morgan fingerprint density at radius 2 is 2.22 bits per heavy atom. The summed E-state index contributed by atoms with van der Waals surface area (Å²) >= 11 is 8.00. The van der Waals surface area contributed by atoms with E-state index >= 15 is 0 Å². The largest absolute Gasteiger partial charge is 0.434 e. The van der Waals surface area contributed by atoms with Gasteiger partial charge in [-0.05, 0) is 46.9 Å². The first-order valence-corrected chi connectivity index (χ1v) is 6.35. The van der Waals surface area contributed by atoms with Crippen molar-refractivity contribution in [2.45, 2.75) is 0 Å². The zero-order valence-corrected chi connectivity index (χ0v) is 11.9. The van der Waals surface area contributed by atoms with Crippen molar-refractivity contribution < 1.29 is 4.74 Å². The van der Waals surface area contributed by atoms with Gasteiger partial charge in [0.1, 0.15) is 5.02 Å². The van der Waals surface area contributed by atoms with Gasteiger partial charge in [0, 0.05) is 6.20 Å². The Morgan fingerprint density at radius 3 is 2.83 bits per heavy atom. The molecule has 90 valence electrons. The molecule has 2 N–H and O–H groups in total. The normalized spacial score (nSPS) is 9.83. The zero-order valence-electron chi connectivity index (χ0n) is 9.02. The third-order valence-corrected chi connectivity index (χ3v) is 3.21. The minimum Gasteiger partial charge on any atom is -0.434 e. The summed E-state index contributed by atoms with van der Waals surface area (Å²) in [5.74, 6) is 0.740. The molecule has 2 aromatic rings. The highest BCUT2D eigenvalue weighted by atomic mass is 127. The second-order valence-electron chi connectivity index (χ2n) is 3.38. The van der Waals surface area contributed by atoms with Gasteiger partial charge in [-0.15, -0.1) is 0 Å². The number of anilines is 1. The van der Waals surface area contributed by atoms with E-state index in [1.807, 2.05) is 28.7 Å². The van der Waals surface area contributed by atoms with Gasteiger partial charge >= 0.3 is 0 Å². The highest BCUT2D eigenvalue weighted by Gasteiger charge is 2.12. The fourth-order valence-corrected chi connectivity index (χ4v) is 2.25. The predicted molar refractivity (Wildman–Crippen MR) is 77.6 cm³/mol. The van der Waals surface area contributed by atoms with Crippen LogP contribution in [-0.4, -0.2) is 4.98 Å². The van der Waals surface area contributed by atoms with E-state index < -0.39 is 0 Å². The van der Waals surface area contributed by atoms with Crippen LogP contribution in [0.3, 0.4) is 0 Å². The number of halogens is 2. The molecule has 0 amide bonds. The molecule has 18 heavy (non-hydrogen) atoms. The van der Waals surface area contributed by atoms with Crippen LogP contribution in [0, 0.1) is 14.9 Å². The molecule has 6 heteroatoms. The van der Waals surface area contributed by atoms with E-state index in [-0.39, 0.29) is 5.88 Å². The van der Waals surface area contributed by atoms with Crippen LogP contribution in [-0.2, 0) is 0 Å². The molecule has 0 saturated carbocycles. The number of ether oxygens (including phenoxy) is 1. The smallest absolute Gasteiger partial charge is 0.238 e. The van der Waals surface area contributed by atoms with Gasteiger partial charge in [0.2, 0.25) is 5.88 Å². The van der Waals surface area contributed by atoms with Gasteiger partial charge < -0.3 is 10.5 Å². The van der Waals surface area contributed by atoms with Crippen molar-refractivity contribution in [3.63, 3.8) is 0 Å². The number of hydrogen-bond acceptors (Lipinski definition) is 4. The predicted octanol–water partition coefficient (Wildman–Crippen LogP) is 3.59. The lowest BCUT2D eigenvalue weighted by atomic mass is 10.2. The van der Waals surface area contributed by atoms with Crippen LogP contribution < -0.4 is 10.5 Å². The number of nitrogens with two attached hydrogens (primary N) is 1. The molecule has 0 spiro atoms. The Morgan fingerprint density at radius 1 is 1.44 bits per heavy atom.